The number of rotatable bonds is 6. The van der Waals surface area contributed by atoms with Crippen molar-refractivity contribution in [2.45, 2.75) is 26.2 Å². The molecule has 0 aliphatic carbocycles. The van der Waals surface area contributed by atoms with E-state index < -0.39 is 5.82 Å². The van der Waals surface area contributed by atoms with Gasteiger partial charge in [0.15, 0.2) is 5.78 Å². The zero-order valence-corrected chi connectivity index (χ0v) is 14.3. The lowest BCUT2D eigenvalue weighted by molar-refractivity contribution is -0.116. The third-order valence-corrected chi connectivity index (χ3v) is 3.96. The molecule has 2 rings (SSSR count). The summed E-state index contributed by atoms with van der Waals surface area (Å²) in [4.78, 5) is 23.9. The fraction of sp³-hybridized carbons (Fsp3) is 0.222. The lowest BCUT2D eigenvalue weighted by Crippen LogP contribution is -2.14. The Bertz CT molecular complexity index is 713. The molecule has 0 saturated carbocycles. The molecule has 0 atom stereocenters. The van der Waals surface area contributed by atoms with Crippen LogP contribution >= 0.6 is 15.9 Å². The molecule has 0 saturated heterocycles. The maximum absolute atomic E-state index is 13.6. The third kappa shape index (κ3) is 4.99. The molecule has 0 radical (unpaired) electrons. The first-order valence-electron chi connectivity index (χ1n) is 7.36. The number of aryl methyl sites for hydroxylation is 1. The van der Waals surface area contributed by atoms with Crippen LogP contribution in [-0.4, -0.2) is 11.7 Å². The first kappa shape index (κ1) is 17.3. The Morgan fingerprint density at radius 2 is 1.78 bits per heavy atom. The van der Waals surface area contributed by atoms with E-state index in [1.807, 2.05) is 19.1 Å². The van der Waals surface area contributed by atoms with Gasteiger partial charge in [0.2, 0.25) is 5.91 Å². The van der Waals surface area contributed by atoms with Gasteiger partial charge in [-0.2, -0.15) is 0 Å². The number of carbonyl (C=O) groups excluding carboxylic acids is 2. The summed E-state index contributed by atoms with van der Waals surface area (Å²) in [6, 6.07) is 11.7. The Hall–Kier alpha value is -2.01. The van der Waals surface area contributed by atoms with Crippen molar-refractivity contribution in [1.29, 1.82) is 0 Å². The number of benzene rings is 2. The molecule has 5 heteroatoms. The molecule has 23 heavy (non-hydrogen) atoms. The first-order chi connectivity index (χ1) is 11.0. The van der Waals surface area contributed by atoms with Crippen LogP contribution < -0.4 is 5.32 Å². The highest BCUT2D eigenvalue weighted by Gasteiger charge is 2.11. The van der Waals surface area contributed by atoms with Crippen molar-refractivity contribution >= 4 is 33.3 Å². The van der Waals surface area contributed by atoms with Crippen LogP contribution in [0.1, 0.15) is 35.7 Å². The van der Waals surface area contributed by atoms with Crippen LogP contribution in [0.4, 0.5) is 10.1 Å². The SMILES string of the molecule is CCc1ccc(C(=O)CCC(=O)Nc2ccc(Br)cc2F)cc1. The largest absolute Gasteiger partial charge is 0.324 e. The second-order valence-electron chi connectivity index (χ2n) is 5.15. The van der Waals surface area contributed by atoms with Crippen LogP contribution in [0.2, 0.25) is 0 Å². The van der Waals surface area contributed by atoms with Gasteiger partial charge in [-0.25, -0.2) is 4.39 Å². The van der Waals surface area contributed by atoms with E-state index in [4.69, 9.17) is 0 Å². The minimum atomic E-state index is -0.519. The van der Waals surface area contributed by atoms with Crippen molar-refractivity contribution < 1.29 is 14.0 Å². The van der Waals surface area contributed by atoms with Gasteiger partial charge < -0.3 is 5.32 Å². The second-order valence-corrected chi connectivity index (χ2v) is 6.06. The van der Waals surface area contributed by atoms with E-state index in [0.29, 0.717) is 10.0 Å². The number of amides is 1. The number of halogens is 2. The summed E-state index contributed by atoms with van der Waals surface area (Å²) in [5.41, 5.74) is 1.85. The van der Waals surface area contributed by atoms with Crippen molar-refractivity contribution in [3.05, 3.63) is 63.9 Å². The van der Waals surface area contributed by atoms with E-state index in [1.165, 1.54) is 12.1 Å². The summed E-state index contributed by atoms with van der Waals surface area (Å²) in [5, 5.41) is 2.48. The summed E-state index contributed by atoms with van der Waals surface area (Å²) in [7, 11) is 0. The normalized spacial score (nSPS) is 10.4. The van der Waals surface area contributed by atoms with Crippen molar-refractivity contribution in [2.24, 2.45) is 0 Å². The van der Waals surface area contributed by atoms with Crippen LogP contribution in [0.5, 0.6) is 0 Å². The van der Waals surface area contributed by atoms with E-state index >= 15 is 0 Å². The molecule has 0 fully saturated rings. The molecule has 0 aromatic heterocycles. The highest BCUT2D eigenvalue weighted by Crippen LogP contribution is 2.19. The van der Waals surface area contributed by atoms with Crippen molar-refractivity contribution in [3.63, 3.8) is 0 Å². The Balaban J connectivity index is 1.89. The number of ketones is 1. The maximum Gasteiger partial charge on any atom is 0.224 e. The highest BCUT2D eigenvalue weighted by atomic mass is 79.9. The summed E-state index contributed by atoms with van der Waals surface area (Å²) in [5.74, 6) is -1.00. The molecule has 0 aliphatic heterocycles. The zero-order chi connectivity index (χ0) is 16.8. The lowest BCUT2D eigenvalue weighted by atomic mass is 10.0. The van der Waals surface area contributed by atoms with Gasteiger partial charge >= 0.3 is 0 Å². The fourth-order valence-electron chi connectivity index (χ4n) is 2.10. The fourth-order valence-corrected chi connectivity index (χ4v) is 2.43. The van der Waals surface area contributed by atoms with Crippen molar-refractivity contribution in [2.75, 3.05) is 5.32 Å². The standard InChI is InChI=1S/C18H17BrFNO2/c1-2-12-3-5-13(6-4-12)17(22)9-10-18(23)21-16-8-7-14(19)11-15(16)20/h3-8,11H,2,9-10H2,1H3,(H,21,23). The van der Waals surface area contributed by atoms with Gasteiger partial charge in [0, 0.05) is 22.9 Å². The van der Waals surface area contributed by atoms with E-state index in [2.05, 4.69) is 21.2 Å². The molecule has 0 unspecified atom stereocenters. The van der Waals surface area contributed by atoms with E-state index in [9.17, 15) is 14.0 Å². The molecule has 2 aromatic carbocycles. The molecule has 0 spiro atoms. The number of carbonyl (C=O) groups is 2. The Morgan fingerprint density at radius 1 is 1.09 bits per heavy atom. The van der Waals surface area contributed by atoms with Crippen molar-refractivity contribution in [3.8, 4) is 0 Å². The quantitative estimate of drug-likeness (QED) is 0.738. The Morgan fingerprint density at radius 3 is 2.39 bits per heavy atom. The Labute approximate surface area is 143 Å². The predicted molar refractivity (Wildman–Crippen MR) is 92.1 cm³/mol. The molecule has 3 nitrogen and oxygen atoms in total. The third-order valence-electron chi connectivity index (χ3n) is 3.47. The summed E-state index contributed by atoms with van der Waals surface area (Å²) >= 11 is 3.15. The molecule has 120 valence electrons. The van der Waals surface area contributed by atoms with Crippen LogP contribution in [0.15, 0.2) is 46.9 Å². The number of hydrogen-bond acceptors (Lipinski definition) is 2. The van der Waals surface area contributed by atoms with Crippen LogP contribution in [0.3, 0.4) is 0 Å². The molecule has 0 bridgehead atoms. The zero-order valence-electron chi connectivity index (χ0n) is 12.7. The number of Topliss-reactive ketones (excluding diaryl/α,β-unsaturated/α-hetero) is 1. The number of nitrogens with one attached hydrogen (secondary N) is 1. The maximum atomic E-state index is 13.6. The van der Waals surface area contributed by atoms with Crippen LogP contribution in [-0.2, 0) is 11.2 Å². The smallest absolute Gasteiger partial charge is 0.224 e. The minimum absolute atomic E-state index is 0.0177. The summed E-state index contributed by atoms with van der Waals surface area (Å²) in [6.07, 6.45) is 1.02. The van der Waals surface area contributed by atoms with Gasteiger partial charge in [0.05, 0.1) is 5.69 Å². The van der Waals surface area contributed by atoms with Gasteiger partial charge in [-0.05, 0) is 30.2 Å². The summed E-state index contributed by atoms with van der Waals surface area (Å²) < 4.78 is 14.2. The molecular formula is C18H17BrFNO2. The van der Waals surface area contributed by atoms with Gasteiger partial charge in [-0.15, -0.1) is 0 Å². The monoisotopic (exact) mass is 377 g/mol. The van der Waals surface area contributed by atoms with Crippen LogP contribution in [0, 0.1) is 5.82 Å². The van der Waals surface area contributed by atoms with E-state index in [1.54, 1.807) is 18.2 Å². The Kier molecular flexibility index (Phi) is 6.04. The average Bonchev–Trinajstić information content (AvgIpc) is 2.55. The van der Waals surface area contributed by atoms with Crippen molar-refractivity contribution in [1.82, 2.24) is 0 Å². The molecule has 1 N–H and O–H groups in total. The minimum Gasteiger partial charge on any atom is -0.324 e. The lowest BCUT2D eigenvalue weighted by Gasteiger charge is -2.07. The first-order valence-corrected chi connectivity index (χ1v) is 8.16. The number of anilines is 1. The predicted octanol–water partition coefficient (Wildman–Crippen LogP) is 4.75. The second kappa shape index (κ2) is 8.02. The molecule has 0 heterocycles. The molecular weight excluding hydrogens is 361 g/mol. The van der Waals surface area contributed by atoms with Gasteiger partial charge in [-0.1, -0.05) is 47.1 Å². The highest BCUT2D eigenvalue weighted by molar-refractivity contribution is 9.10. The van der Waals surface area contributed by atoms with Gasteiger partial charge in [-0.3, -0.25) is 9.59 Å². The molecule has 2 aromatic rings. The topological polar surface area (TPSA) is 46.2 Å². The van der Waals surface area contributed by atoms with Gasteiger partial charge in [0.25, 0.3) is 0 Å². The molecule has 1 amide bonds. The van der Waals surface area contributed by atoms with Gasteiger partial charge in [0.1, 0.15) is 5.82 Å². The van der Waals surface area contributed by atoms with E-state index in [0.717, 1.165) is 12.0 Å². The summed E-state index contributed by atoms with van der Waals surface area (Å²) in [6.45, 7) is 2.04. The average molecular weight is 378 g/mol. The molecule has 0 aliphatic rings. The van der Waals surface area contributed by atoms with Crippen LogP contribution in [0.25, 0.3) is 0 Å². The number of hydrogen-bond donors (Lipinski definition) is 1. The van der Waals surface area contributed by atoms with E-state index in [-0.39, 0.29) is 30.2 Å².